The second kappa shape index (κ2) is 6.04. The number of nitrogens with one attached hydrogen (secondary N) is 1. The Morgan fingerprint density at radius 3 is 2.42 bits per heavy atom. The number of nitrogens with zero attached hydrogens (tertiary/aromatic N) is 2. The van der Waals surface area contributed by atoms with Crippen molar-refractivity contribution >= 4 is 17.5 Å². The third-order valence-electron chi connectivity index (χ3n) is 6.38. The van der Waals surface area contributed by atoms with E-state index in [0.717, 1.165) is 43.4 Å². The first-order valence-corrected chi connectivity index (χ1v) is 10.2. The number of Topliss-reactive ketones (excluding diaryl/α,β-unsaturated/α-hetero) is 1. The molecule has 24 heavy (non-hydrogen) atoms. The van der Waals surface area contributed by atoms with Crippen LogP contribution in [0.15, 0.2) is 9.95 Å². The van der Waals surface area contributed by atoms with Gasteiger partial charge in [-0.15, -0.1) is 5.10 Å². The van der Waals surface area contributed by atoms with Gasteiger partial charge < -0.3 is 0 Å². The smallest absolute Gasteiger partial charge is 0.298 e. The number of hydrogen-bond donors (Lipinski definition) is 1. The summed E-state index contributed by atoms with van der Waals surface area (Å²) < 4.78 is 1.66. The van der Waals surface area contributed by atoms with Crippen molar-refractivity contribution in [2.45, 2.75) is 75.7 Å². The van der Waals surface area contributed by atoms with Gasteiger partial charge in [0.05, 0.1) is 5.25 Å². The van der Waals surface area contributed by atoms with E-state index in [1.54, 1.807) is 4.57 Å². The number of carbonyl (C=O) groups excluding carboxylic acids is 1. The summed E-state index contributed by atoms with van der Waals surface area (Å²) in [5.74, 6) is 2.74. The standard InChI is InChI=1S/C18H27N3O2S/c1-3-4-21-16(23)19-20-17(21)24-11(2)15(22)18-8-12-5-13(9-18)7-14(6-12)10-18/h11-14H,3-10H2,1-2H3,(H,19,23)/t11-,12?,13?,14?,18?/m0/s1. The predicted molar refractivity (Wildman–Crippen MR) is 94.1 cm³/mol. The lowest BCUT2D eigenvalue weighted by atomic mass is 9.48. The fourth-order valence-corrected chi connectivity index (χ4v) is 6.94. The minimum Gasteiger partial charge on any atom is -0.298 e. The molecule has 1 heterocycles. The lowest BCUT2D eigenvalue weighted by Crippen LogP contribution is -2.51. The first-order valence-electron chi connectivity index (χ1n) is 9.37. The van der Waals surface area contributed by atoms with E-state index in [1.165, 1.54) is 31.0 Å². The molecular formula is C18H27N3O2S. The van der Waals surface area contributed by atoms with Crippen LogP contribution in [0.5, 0.6) is 0 Å². The molecule has 0 spiro atoms. The van der Waals surface area contributed by atoms with Gasteiger partial charge in [-0.3, -0.25) is 9.36 Å². The van der Waals surface area contributed by atoms with Gasteiger partial charge in [-0.25, -0.2) is 9.89 Å². The largest absolute Gasteiger partial charge is 0.343 e. The van der Waals surface area contributed by atoms with Crippen molar-refractivity contribution in [3.05, 3.63) is 10.5 Å². The maximum Gasteiger partial charge on any atom is 0.343 e. The summed E-state index contributed by atoms with van der Waals surface area (Å²) in [6.07, 6.45) is 8.24. The Hall–Kier alpha value is -1.04. The first-order chi connectivity index (χ1) is 11.5. The van der Waals surface area contributed by atoms with E-state index in [4.69, 9.17) is 0 Å². The molecule has 0 radical (unpaired) electrons. The lowest BCUT2D eigenvalue weighted by Gasteiger charge is -2.56. The molecule has 6 heteroatoms. The van der Waals surface area contributed by atoms with E-state index in [9.17, 15) is 9.59 Å². The number of ketones is 1. The molecule has 4 bridgehead atoms. The van der Waals surface area contributed by atoms with E-state index >= 15 is 0 Å². The number of hydrogen-bond acceptors (Lipinski definition) is 4. The fraction of sp³-hybridized carbons (Fsp3) is 0.833. The third-order valence-corrected chi connectivity index (χ3v) is 7.47. The van der Waals surface area contributed by atoms with Crippen molar-refractivity contribution in [2.75, 3.05) is 0 Å². The summed E-state index contributed by atoms with van der Waals surface area (Å²) in [6, 6.07) is 0. The number of H-pyrrole nitrogens is 1. The van der Waals surface area contributed by atoms with Crippen LogP contribution in [0.25, 0.3) is 0 Å². The average molecular weight is 350 g/mol. The summed E-state index contributed by atoms with van der Waals surface area (Å²) in [7, 11) is 0. The summed E-state index contributed by atoms with van der Waals surface area (Å²) in [5.41, 5.74) is -0.248. The van der Waals surface area contributed by atoms with Crippen LogP contribution in [0.1, 0.15) is 58.8 Å². The summed E-state index contributed by atoms with van der Waals surface area (Å²) in [5, 5.41) is 7.19. The molecule has 4 aliphatic rings. The maximum absolute atomic E-state index is 13.3. The van der Waals surface area contributed by atoms with Crippen molar-refractivity contribution in [3.63, 3.8) is 0 Å². The zero-order valence-corrected chi connectivity index (χ0v) is 15.4. The molecular weight excluding hydrogens is 322 g/mol. The summed E-state index contributed by atoms with van der Waals surface area (Å²) in [4.78, 5) is 25.2. The van der Waals surface area contributed by atoms with Gasteiger partial charge >= 0.3 is 5.69 Å². The van der Waals surface area contributed by atoms with Gasteiger partial charge in [-0.1, -0.05) is 18.7 Å². The van der Waals surface area contributed by atoms with Gasteiger partial charge in [0.2, 0.25) is 0 Å². The van der Waals surface area contributed by atoms with E-state index < -0.39 is 0 Å². The molecule has 132 valence electrons. The maximum atomic E-state index is 13.3. The number of aromatic amines is 1. The van der Waals surface area contributed by atoms with Crippen LogP contribution in [0, 0.1) is 23.2 Å². The Bertz CT molecular complexity index is 657. The predicted octanol–water partition coefficient (Wildman–Crippen LogP) is 3.25. The third kappa shape index (κ3) is 2.67. The minimum atomic E-state index is -0.172. The zero-order valence-electron chi connectivity index (χ0n) is 14.6. The van der Waals surface area contributed by atoms with Gasteiger partial charge in [-0.05, 0) is 69.6 Å². The first kappa shape index (κ1) is 16.4. The number of carbonyl (C=O) groups is 1. The fourth-order valence-electron chi connectivity index (χ4n) is 5.87. The van der Waals surface area contributed by atoms with Crippen LogP contribution in [-0.4, -0.2) is 25.8 Å². The molecule has 5 nitrogen and oxygen atoms in total. The highest BCUT2D eigenvalue weighted by atomic mass is 32.2. The number of thioether (sulfide) groups is 1. The second-order valence-corrected chi connectivity index (χ2v) is 9.59. The van der Waals surface area contributed by atoms with Crippen molar-refractivity contribution in [2.24, 2.45) is 23.2 Å². The monoisotopic (exact) mass is 349 g/mol. The molecule has 4 saturated carbocycles. The number of rotatable bonds is 6. The highest BCUT2D eigenvalue weighted by molar-refractivity contribution is 8.00. The molecule has 4 fully saturated rings. The van der Waals surface area contributed by atoms with Crippen LogP contribution < -0.4 is 5.69 Å². The van der Waals surface area contributed by atoms with Crippen LogP contribution in [0.2, 0.25) is 0 Å². The molecule has 5 rings (SSSR count). The van der Waals surface area contributed by atoms with E-state index in [0.29, 0.717) is 17.5 Å². The molecule has 0 aromatic carbocycles. The summed E-state index contributed by atoms with van der Waals surface area (Å²) >= 11 is 1.46. The Labute approximate surface area is 147 Å². The molecule has 1 aromatic heterocycles. The Balaban J connectivity index is 1.52. The van der Waals surface area contributed by atoms with Crippen molar-refractivity contribution in [1.29, 1.82) is 0 Å². The lowest BCUT2D eigenvalue weighted by molar-refractivity contribution is -0.142. The second-order valence-electron chi connectivity index (χ2n) is 8.29. The number of aromatic nitrogens is 3. The van der Waals surface area contributed by atoms with Gasteiger partial charge in [0, 0.05) is 12.0 Å². The zero-order chi connectivity index (χ0) is 16.9. The SMILES string of the molecule is CCCn1c(S[C@@H](C)C(=O)C23CC4CC(CC(C4)C2)C3)n[nH]c1=O. The van der Waals surface area contributed by atoms with Gasteiger partial charge in [-0.2, -0.15) is 0 Å². The Kier molecular flexibility index (Phi) is 4.14. The molecule has 0 unspecified atom stereocenters. The summed E-state index contributed by atoms with van der Waals surface area (Å²) in [6.45, 7) is 4.69. The minimum absolute atomic E-state index is 0.0760. The normalized spacial score (nSPS) is 35.3. The van der Waals surface area contributed by atoms with Crippen LogP contribution in [0.3, 0.4) is 0 Å². The molecule has 0 aliphatic heterocycles. The van der Waals surface area contributed by atoms with E-state index in [2.05, 4.69) is 10.2 Å². The van der Waals surface area contributed by atoms with Gasteiger partial charge in [0.1, 0.15) is 0 Å². The van der Waals surface area contributed by atoms with Gasteiger partial charge in [0.25, 0.3) is 0 Å². The van der Waals surface area contributed by atoms with Crippen LogP contribution in [-0.2, 0) is 11.3 Å². The molecule has 0 saturated heterocycles. The molecule has 1 atom stereocenters. The average Bonchev–Trinajstić information content (AvgIpc) is 2.86. The molecule has 0 amide bonds. The molecule has 1 aromatic rings. The quantitative estimate of drug-likeness (QED) is 0.801. The highest BCUT2D eigenvalue weighted by Crippen LogP contribution is 2.61. The van der Waals surface area contributed by atoms with Crippen molar-refractivity contribution in [3.8, 4) is 0 Å². The Morgan fingerprint density at radius 1 is 1.29 bits per heavy atom. The van der Waals surface area contributed by atoms with Crippen molar-refractivity contribution < 1.29 is 4.79 Å². The van der Waals surface area contributed by atoms with Gasteiger partial charge in [0.15, 0.2) is 10.9 Å². The molecule has 1 N–H and O–H groups in total. The van der Waals surface area contributed by atoms with Crippen molar-refractivity contribution in [1.82, 2.24) is 14.8 Å². The topological polar surface area (TPSA) is 67.8 Å². The van der Waals surface area contributed by atoms with Crippen LogP contribution >= 0.6 is 11.8 Å². The molecule has 4 aliphatic carbocycles. The van der Waals surface area contributed by atoms with Crippen LogP contribution in [0.4, 0.5) is 0 Å². The van der Waals surface area contributed by atoms with E-state index in [-0.39, 0.29) is 16.4 Å². The van der Waals surface area contributed by atoms with E-state index in [1.807, 2.05) is 13.8 Å². The highest BCUT2D eigenvalue weighted by Gasteiger charge is 2.55. The Morgan fingerprint density at radius 2 is 1.88 bits per heavy atom.